The molecule has 0 fully saturated rings. The summed E-state index contributed by atoms with van der Waals surface area (Å²) in [7, 11) is 1.63. The summed E-state index contributed by atoms with van der Waals surface area (Å²) in [6.45, 7) is 0.702. The summed E-state index contributed by atoms with van der Waals surface area (Å²) in [5.74, 6) is -0.457. The Kier molecular flexibility index (Phi) is 5.03. The van der Waals surface area contributed by atoms with Gasteiger partial charge in [-0.3, -0.25) is 9.59 Å². The van der Waals surface area contributed by atoms with Crippen LogP contribution in [0.2, 0.25) is 0 Å². The molecule has 0 aromatic heterocycles. The first-order valence-corrected chi connectivity index (χ1v) is 3.80. The molecular weight excluding hydrogens is 158 g/mol. The van der Waals surface area contributed by atoms with Gasteiger partial charge in [0.25, 0.3) is 0 Å². The third-order valence-corrected chi connectivity index (χ3v) is 1.48. The third-order valence-electron chi connectivity index (χ3n) is 1.48. The molecule has 0 atom stereocenters. The summed E-state index contributed by atoms with van der Waals surface area (Å²) in [6.07, 6.45) is 0.516. The van der Waals surface area contributed by atoms with Crippen molar-refractivity contribution in [1.82, 2.24) is 4.90 Å². The van der Waals surface area contributed by atoms with Crippen molar-refractivity contribution in [2.75, 3.05) is 20.1 Å². The minimum absolute atomic E-state index is 0.0567. The molecule has 4 N–H and O–H groups in total. The molecule has 2 amide bonds. The number of carbonyl (C=O) groups excluding carboxylic acids is 2. The van der Waals surface area contributed by atoms with Gasteiger partial charge in [-0.15, -0.1) is 0 Å². The standard InChI is InChI=1S/C7H15N3O2/c1-10(5-3-6(9)11)7(12)2-4-8/h2-5,8H2,1H3,(H2,9,11). The topological polar surface area (TPSA) is 89.4 Å². The van der Waals surface area contributed by atoms with Crippen molar-refractivity contribution in [2.24, 2.45) is 11.5 Å². The predicted octanol–water partition coefficient (Wildman–Crippen LogP) is -1.33. The number of hydrogen-bond acceptors (Lipinski definition) is 3. The fraction of sp³-hybridized carbons (Fsp3) is 0.714. The zero-order valence-corrected chi connectivity index (χ0v) is 7.25. The monoisotopic (exact) mass is 173 g/mol. The molecule has 12 heavy (non-hydrogen) atoms. The molecule has 0 rings (SSSR count). The molecular formula is C7H15N3O2. The Balaban J connectivity index is 3.63. The van der Waals surface area contributed by atoms with Gasteiger partial charge in [0.1, 0.15) is 0 Å². The first kappa shape index (κ1) is 10.9. The van der Waals surface area contributed by atoms with Crippen molar-refractivity contribution >= 4 is 11.8 Å². The van der Waals surface area contributed by atoms with Crippen LogP contribution in [-0.2, 0) is 9.59 Å². The Morgan fingerprint density at radius 2 is 1.92 bits per heavy atom. The van der Waals surface area contributed by atoms with Crippen molar-refractivity contribution in [3.8, 4) is 0 Å². The van der Waals surface area contributed by atoms with Gasteiger partial charge in [0.2, 0.25) is 11.8 Å². The number of carbonyl (C=O) groups is 2. The molecule has 0 spiro atoms. The summed E-state index contributed by atoms with van der Waals surface area (Å²) < 4.78 is 0. The summed E-state index contributed by atoms with van der Waals surface area (Å²) in [4.78, 5) is 22.8. The SMILES string of the molecule is CN(CCC(N)=O)C(=O)CCN. The largest absolute Gasteiger partial charge is 0.370 e. The summed E-state index contributed by atoms with van der Waals surface area (Å²) in [5.41, 5.74) is 10.1. The first-order chi connectivity index (χ1) is 5.57. The Hall–Kier alpha value is -1.10. The second-order valence-corrected chi connectivity index (χ2v) is 2.57. The molecule has 0 aromatic rings. The van der Waals surface area contributed by atoms with Crippen molar-refractivity contribution in [1.29, 1.82) is 0 Å². The molecule has 0 aliphatic heterocycles. The van der Waals surface area contributed by atoms with Crippen LogP contribution in [0.4, 0.5) is 0 Å². The van der Waals surface area contributed by atoms with Gasteiger partial charge in [0, 0.05) is 33.0 Å². The van der Waals surface area contributed by atoms with E-state index >= 15 is 0 Å². The van der Waals surface area contributed by atoms with Crippen LogP contribution in [0.15, 0.2) is 0 Å². The molecule has 0 aliphatic carbocycles. The highest BCUT2D eigenvalue weighted by atomic mass is 16.2. The van der Waals surface area contributed by atoms with E-state index in [2.05, 4.69) is 0 Å². The van der Waals surface area contributed by atoms with E-state index < -0.39 is 5.91 Å². The molecule has 70 valence electrons. The predicted molar refractivity (Wildman–Crippen MR) is 45.1 cm³/mol. The molecule has 0 unspecified atom stereocenters. The van der Waals surface area contributed by atoms with Gasteiger partial charge in [-0.05, 0) is 0 Å². The van der Waals surface area contributed by atoms with E-state index in [1.807, 2.05) is 0 Å². The van der Waals surface area contributed by atoms with Crippen molar-refractivity contribution in [3.63, 3.8) is 0 Å². The maximum atomic E-state index is 11.0. The molecule has 0 saturated carbocycles. The van der Waals surface area contributed by atoms with Crippen LogP contribution < -0.4 is 11.5 Å². The fourth-order valence-corrected chi connectivity index (χ4v) is 0.717. The fourth-order valence-electron chi connectivity index (χ4n) is 0.717. The number of nitrogens with zero attached hydrogens (tertiary/aromatic N) is 1. The van der Waals surface area contributed by atoms with Gasteiger partial charge in [0.15, 0.2) is 0 Å². The number of nitrogens with two attached hydrogens (primary N) is 2. The summed E-state index contributed by atoms with van der Waals surface area (Å²) in [6, 6.07) is 0. The highest BCUT2D eigenvalue weighted by molar-refractivity contribution is 5.78. The van der Waals surface area contributed by atoms with Gasteiger partial charge in [0.05, 0.1) is 0 Å². The minimum atomic E-state index is -0.401. The molecule has 5 heteroatoms. The van der Waals surface area contributed by atoms with E-state index in [0.717, 1.165) is 0 Å². The number of amides is 2. The Morgan fingerprint density at radius 1 is 1.33 bits per heavy atom. The summed E-state index contributed by atoms with van der Waals surface area (Å²) >= 11 is 0. The zero-order chi connectivity index (χ0) is 9.56. The lowest BCUT2D eigenvalue weighted by molar-refractivity contribution is -0.130. The van der Waals surface area contributed by atoms with Crippen LogP contribution in [-0.4, -0.2) is 36.9 Å². The van der Waals surface area contributed by atoms with Crippen LogP contribution in [0.5, 0.6) is 0 Å². The smallest absolute Gasteiger partial charge is 0.223 e. The second-order valence-electron chi connectivity index (χ2n) is 2.57. The van der Waals surface area contributed by atoms with E-state index in [-0.39, 0.29) is 12.3 Å². The molecule has 0 aliphatic rings. The van der Waals surface area contributed by atoms with Crippen LogP contribution >= 0.6 is 0 Å². The minimum Gasteiger partial charge on any atom is -0.370 e. The second kappa shape index (κ2) is 5.54. The normalized spacial score (nSPS) is 9.50. The van der Waals surface area contributed by atoms with Crippen LogP contribution in [0.25, 0.3) is 0 Å². The van der Waals surface area contributed by atoms with Crippen LogP contribution in [0, 0.1) is 0 Å². The van der Waals surface area contributed by atoms with Crippen molar-refractivity contribution in [3.05, 3.63) is 0 Å². The lowest BCUT2D eigenvalue weighted by Gasteiger charge is -2.15. The van der Waals surface area contributed by atoms with Gasteiger partial charge in [-0.1, -0.05) is 0 Å². The molecule has 0 bridgehead atoms. The highest BCUT2D eigenvalue weighted by Gasteiger charge is 2.07. The number of rotatable bonds is 5. The first-order valence-electron chi connectivity index (χ1n) is 3.80. The van der Waals surface area contributed by atoms with E-state index in [4.69, 9.17) is 11.5 Å². The Bertz CT molecular complexity index is 170. The van der Waals surface area contributed by atoms with Gasteiger partial charge < -0.3 is 16.4 Å². The number of hydrogen-bond donors (Lipinski definition) is 2. The zero-order valence-electron chi connectivity index (χ0n) is 7.25. The van der Waals surface area contributed by atoms with Gasteiger partial charge in [-0.2, -0.15) is 0 Å². The average Bonchev–Trinajstić information content (AvgIpc) is 2.00. The van der Waals surface area contributed by atoms with Crippen LogP contribution in [0.3, 0.4) is 0 Å². The van der Waals surface area contributed by atoms with Gasteiger partial charge >= 0.3 is 0 Å². The molecule has 0 saturated heterocycles. The van der Waals surface area contributed by atoms with Crippen LogP contribution in [0.1, 0.15) is 12.8 Å². The van der Waals surface area contributed by atoms with Crippen molar-refractivity contribution in [2.45, 2.75) is 12.8 Å². The Labute approximate surface area is 71.7 Å². The highest BCUT2D eigenvalue weighted by Crippen LogP contribution is 1.90. The maximum Gasteiger partial charge on any atom is 0.223 e. The lowest BCUT2D eigenvalue weighted by Crippen LogP contribution is -2.31. The Morgan fingerprint density at radius 3 is 2.33 bits per heavy atom. The van der Waals surface area contributed by atoms with E-state index in [0.29, 0.717) is 19.5 Å². The molecule has 0 aromatic carbocycles. The quantitative estimate of drug-likeness (QED) is 0.539. The molecule has 0 heterocycles. The van der Waals surface area contributed by atoms with Crippen molar-refractivity contribution < 1.29 is 9.59 Å². The third kappa shape index (κ3) is 4.68. The van der Waals surface area contributed by atoms with E-state index in [9.17, 15) is 9.59 Å². The van der Waals surface area contributed by atoms with Gasteiger partial charge in [-0.25, -0.2) is 0 Å². The molecule has 0 radical (unpaired) electrons. The van der Waals surface area contributed by atoms with E-state index in [1.54, 1.807) is 7.05 Å². The molecule has 5 nitrogen and oxygen atoms in total. The maximum absolute atomic E-state index is 11.0. The summed E-state index contributed by atoms with van der Waals surface area (Å²) in [5, 5.41) is 0. The average molecular weight is 173 g/mol. The lowest BCUT2D eigenvalue weighted by atomic mass is 10.3. The number of primary amides is 1. The van der Waals surface area contributed by atoms with E-state index in [1.165, 1.54) is 4.90 Å².